The minimum Gasteiger partial charge on any atom is -0.394 e. The SMILES string of the molecule is OC[C@H]1O[C@](O)(NCC2C3=CC=C2C=C3)[C@H](O)[C@@H](O)[C@@H]1O. The van der Waals surface area contributed by atoms with Gasteiger partial charge in [-0.25, -0.2) is 0 Å². The summed E-state index contributed by atoms with van der Waals surface area (Å²) in [7, 11) is 0. The Morgan fingerprint density at radius 1 is 1.10 bits per heavy atom. The summed E-state index contributed by atoms with van der Waals surface area (Å²) in [6, 6.07) is 0. The van der Waals surface area contributed by atoms with Crippen LogP contribution in [0.25, 0.3) is 0 Å². The lowest BCUT2D eigenvalue weighted by molar-refractivity contribution is -0.361. The second kappa shape index (κ2) is 5.29. The fourth-order valence-corrected chi connectivity index (χ4v) is 2.94. The van der Waals surface area contributed by atoms with Gasteiger partial charge in [-0.1, -0.05) is 24.3 Å². The molecule has 0 aromatic heterocycles. The van der Waals surface area contributed by atoms with Crippen molar-refractivity contribution in [3.63, 3.8) is 0 Å². The molecule has 1 fully saturated rings. The highest BCUT2D eigenvalue weighted by molar-refractivity contribution is 5.53. The molecule has 116 valence electrons. The zero-order valence-electron chi connectivity index (χ0n) is 11.3. The summed E-state index contributed by atoms with van der Waals surface area (Å²) in [5, 5.41) is 51.5. The minimum absolute atomic E-state index is 0.0568. The smallest absolute Gasteiger partial charge is 0.255 e. The topological polar surface area (TPSA) is 122 Å². The summed E-state index contributed by atoms with van der Waals surface area (Å²) >= 11 is 0. The maximum absolute atomic E-state index is 10.4. The first kappa shape index (κ1) is 14.9. The van der Waals surface area contributed by atoms with Crippen molar-refractivity contribution in [3.8, 4) is 0 Å². The Bertz CT molecular complexity index is 492. The van der Waals surface area contributed by atoms with E-state index in [-0.39, 0.29) is 5.92 Å². The standard InChI is InChI=1S/C14H19NO6/c16-6-10-11(17)12(18)13(19)14(20,21-10)15-5-9-7-1-2-8(9)4-3-7/h1-4,9-13,15-20H,5-6H2/t10-,11-,12+,13-,14+/m1/s1. The summed E-state index contributed by atoms with van der Waals surface area (Å²) in [6.07, 6.45) is 1.88. The van der Waals surface area contributed by atoms with E-state index in [0.717, 1.165) is 11.1 Å². The van der Waals surface area contributed by atoms with Crippen molar-refractivity contribution in [1.82, 2.24) is 5.32 Å². The molecule has 1 heterocycles. The van der Waals surface area contributed by atoms with E-state index in [1.165, 1.54) is 0 Å². The van der Waals surface area contributed by atoms with E-state index in [1.54, 1.807) is 0 Å². The monoisotopic (exact) mass is 297 g/mol. The van der Waals surface area contributed by atoms with E-state index >= 15 is 0 Å². The Kier molecular flexibility index (Phi) is 3.74. The van der Waals surface area contributed by atoms with Crippen molar-refractivity contribution >= 4 is 0 Å². The lowest BCUT2D eigenvalue weighted by Gasteiger charge is -2.45. The molecular formula is C14H19NO6. The predicted molar refractivity (Wildman–Crippen MR) is 71.7 cm³/mol. The van der Waals surface area contributed by atoms with Gasteiger partial charge in [-0.2, -0.15) is 0 Å². The van der Waals surface area contributed by atoms with Gasteiger partial charge in [-0.15, -0.1) is 0 Å². The lowest BCUT2D eigenvalue weighted by atomic mass is 9.95. The first-order valence-corrected chi connectivity index (χ1v) is 6.86. The van der Waals surface area contributed by atoms with E-state index in [0.29, 0.717) is 6.54 Å². The first-order chi connectivity index (χ1) is 9.96. The van der Waals surface area contributed by atoms with Gasteiger partial charge in [0.2, 0.25) is 0 Å². The third-order valence-electron chi connectivity index (χ3n) is 4.27. The van der Waals surface area contributed by atoms with Crippen molar-refractivity contribution in [2.45, 2.75) is 30.3 Å². The molecule has 0 aromatic carbocycles. The molecule has 21 heavy (non-hydrogen) atoms. The molecule has 7 heteroatoms. The van der Waals surface area contributed by atoms with Gasteiger partial charge in [0.05, 0.1) is 6.61 Å². The number of allylic oxidation sites excluding steroid dienone is 4. The minimum atomic E-state index is -2.23. The van der Waals surface area contributed by atoms with Crippen LogP contribution >= 0.6 is 0 Å². The van der Waals surface area contributed by atoms with E-state index in [4.69, 9.17) is 9.84 Å². The van der Waals surface area contributed by atoms with Crippen molar-refractivity contribution in [3.05, 3.63) is 35.5 Å². The van der Waals surface area contributed by atoms with Crippen LogP contribution in [-0.4, -0.2) is 69.0 Å². The number of hydrogen-bond donors (Lipinski definition) is 6. The van der Waals surface area contributed by atoms with E-state index in [9.17, 15) is 20.4 Å². The van der Waals surface area contributed by atoms with Crippen LogP contribution < -0.4 is 5.32 Å². The maximum atomic E-state index is 10.4. The van der Waals surface area contributed by atoms with Crippen molar-refractivity contribution in [2.24, 2.45) is 5.92 Å². The highest BCUT2D eigenvalue weighted by Gasteiger charge is 2.52. The molecule has 3 aliphatic rings. The summed E-state index contributed by atoms with van der Waals surface area (Å²) in [6.45, 7) is -0.296. The summed E-state index contributed by atoms with van der Waals surface area (Å²) in [4.78, 5) is 0. The molecule has 7 nitrogen and oxygen atoms in total. The quantitative estimate of drug-likeness (QED) is 0.324. The van der Waals surface area contributed by atoms with Crippen LogP contribution in [0, 0.1) is 5.92 Å². The molecule has 0 spiro atoms. The Morgan fingerprint density at radius 2 is 1.71 bits per heavy atom. The number of hydrogen-bond acceptors (Lipinski definition) is 7. The molecule has 0 unspecified atom stereocenters. The van der Waals surface area contributed by atoms with Crippen LogP contribution in [0.4, 0.5) is 0 Å². The van der Waals surface area contributed by atoms with Crippen LogP contribution in [0.1, 0.15) is 0 Å². The molecule has 0 radical (unpaired) electrons. The van der Waals surface area contributed by atoms with Crippen LogP contribution in [0.3, 0.4) is 0 Å². The van der Waals surface area contributed by atoms with Gasteiger partial charge in [0.1, 0.15) is 18.3 Å². The second-order valence-corrected chi connectivity index (χ2v) is 5.56. The zero-order valence-corrected chi connectivity index (χ0v) is 11.3. The molecular weight excluding hydrogens is 278 g/mol. The molecule has 1 saturated heterocycles. The molecule has 2 bridgehead atoms. The predicted octanol–water partition coefficient (Wildman–Crippen LogP) is -2.25. The molecule has 3 rings (SSSR count). The third kappa shape index (κ3) is 2.36. The zero-order chi connectivity index (χ0) is 15.2. The van der Waals surface area contributed by atoms with Crippen LogP contribution in [-0.2, 0) is 4.74 Å². The maximum Gasteiger partial charge on any atom is 0.255 e. The molecule has 1 aliphatic heterocycles. The van der Waals surface area contributed by atoms with Gasteiger partial charge in [0.25, 0.3) is 5.91 Å². The summed E-state index contributed by atoms with van der Waals surface area (Å²) in [5.41, 5.74) is 2.18. The van der Waals surface area contributed by atoms with Crippen molar-refractivity contribution < 1.29 is 30.3 Å². The van der Waals surface area contributed by atoms with E-state index < -0.39 is 36.9 Å². The van der Waals surface area contributed by atoms with Crippen LogP contribution in [0.5, 0.6) is 0 Å². The molecule has 2 aliphatic carbocycles. The number of ether oxygens (including phenoxy) is 1. The largest absolute Gasteiger partial charge is 0.394 e. The van der Waals surface area contributed by atoms with Crippen LogP contribution in [0.15, 0.2) is 35.5 Å². The Morgan fingerprint density at radius 3 is 2.24 bits per heavy atom. The third-order valence-corrected chi connectivity index (χ3v) is 4.27. The Labute approximate surface area is 121 Å². The van der Waals surface area contributed by atoms with Gasteiger partial charge < -0.3 is 30.3 Å². The van der Waals surface area contributed by atoms with E-state index in [1.807, 2.05) is 24.3 Å². The average Bonchev–Trinajstić information content (AvgIpc) is 3.06. The first-order valence-electron chi connectivity index (χ1n) is 6.86. The molecule has 5 atom stereocenters. The highest BCUT2D eigenvalue weighted by atomic mass is 16.7. The average molecular weight is 297 g/mol. The number of fused-ring (bicyclic) bond motifs is 2. The molecule has 6 N–H and O–H groups in total. The summed E-state index contributed by atoms with van der Waals surface area (Å²) in [5.74, 6) is -2.17. The number of rotatable bonds is 4. The van der Waals surface area contributed by atoms with Gasteiger partial charge in [-0.3, -0.25) is 5.32 Å². The van der Waals surface area contributed by atoms with Gasteiger partial charge in [0.15, 0.2) is 6.10 Å². The van der Waals surface area contributed by atoms with Gasteiger partial charge in [0, 0.05) is 12.5 Å². The molecule has 0 aromatic rings. The number of nitrogens with one attached hydrogen (secondary N) is 1. The second-order valence-electron chi connectivity index (χ2n) is 5.56. The van der Waals surface area contributed by atoms with E-state index in [2.05, 4.69) is 5.32 Å². The van der Waals surface area contributed by atoms with Crippen molar-refractivity contribution in [1.29, 1.82) is 0 Å². The lowest BCUT2D eigenvalue weighted by Crippen LogP contribution is -2.70. The molecule has 0 saturated carbocycles. The van der Waals surface area contributed by atoms with Gasteiger partial charge >= 0.3 is 0 Å². The highest BCUT2D eigenvalue weighted by Crippen LogP contribution is 2.35. The Balaban J connectivity index is 1.68. The number of aliphatic hydroxyl groups excluding tert-OH is 4. The molecule has 0 amide bonds. The normalized spacial score (nSPS) is 42.3. The van der Waals surface area contributed by atoms with Crippen molar-refractivity contribution in [2.75, 3.05) is 13.2 Å². The van der Waals surface area contributed by atoms with Gasteiger partial charge in [-0.05, 0) is 11.1 Å². The number of aliphatic hydroxyl groups is 5. The fraction of sp³-hybridized carbons (Fsp3) is 0.571. The summed E-state index contributed by atoms with van der Waals surface area (Å²) < 4.78 is 5.14. The Hall–Kier alpha value is -1.06. The fourth-order valence-electron chi connectivity index (χ4n) is 2.94. The van der Waals surface area contributed by atoms with Crippen LogP contribution in [0.2, 0.25) is 0 Å².